The molecule has 1 fully saturated rings. The van der Waals surface area contributed by atoms with Crippen LogP contribution in [0.5, 0.6) is 0 Å². The number of hydrogen-bond donors (Lipinski definition) is 1. The quantitative estimate of drug-likeness (QED) is 0.762. The Kier molecular flexibility index (Phi) is 2.39. The van der Waals surface area contributed by atoms with E-state index in [1.54, 1.807) is 10.8 Å². The van der Waals surface area contributed by atoms with Crippen LogP contribution in [-0.4, -0.2) is 15.3 Å². The average molecular weight is 210 g/mol. The number of rotatable bonds is 3. The molecule has 0 saturated heterocycles. The number of aryl methyl sites for hydroxylation is 1. The Balaban J connectivity index is 2.24. The molecule has 0 amide bonds. The van der Waals surface area contributed by atoms with Crippen molar-refractivity contribution in [1.82, 2.24) is 9.55 Å². The summed E-state index contributed by atoms with van der Waals surface area (Å²) in [5, 5.41) is 0. The molecule has 0 atom stereocenters. The highest BCUT2D eigenvalue weighted by Crippen LogP contribution is 2.47. The first kappa shape index (κ1) is 9.77. The van der Waals surface area contributed by atoms with Crippen molar-refractivity contribution < 1.29 is 0 Å². The van der Waals surface area contributed by atoms with Crippen LogP contribution in [0, 0.1) is 12.3 Å². The zero-order valence-corrected chi connectivity index (χ0v) is 9.13. The second-order valence-electron chi connectivity index (χ2n) is 4.20. The molecule has 1 aliphatic rings. The van der Waals surface area contributed by atoms with Crippen LogP contribution < -0.4 is 5.69 Å². The van der Waals surface area contributed by atoms with Crippen molar-refractivity contribution in [2.75, 3.05) is 5.75 Å². The summed E-state index contributed by atoms with van der Waals surface area (Å²) in [6.45, 7) is 2.72. The van der Waals surface area contributed by atoms with Gasteiger partial charge in [0, 0.05) is 18.9 Å². The molecule has 14 heavy (non-hydrogen) atoms. The van der Waals surface area contributed by atoms with Gasteiger partial charge in [0.25, 0.3) is 0 Å². The molecule has 1 saturated carbocycles. The van der Waals surface area contributed by atoms with Gasteiger partial charge in [0.15, 0.2) is 0 Å². The third-order valence-corrected chi connectivity index (χ3v) is 3.45. The summed E-state index contributed by atoms with van der Waals surface area (Å²) in [5.74, 6) is 0.855. The molecule has 0 radical (unpaired) electrons. The van der Waals surface area contributed by atoms with Crippen LogP contribution >= 0.6 is 12.6 Å². The maximum absolute atomic E-state index is 11.4. The van der Waals surface area contributed by atoms with Gasteiger partial charge < -0.3 is 0 Å². The molecule has 1 aliphatic carbocycles. The van der Waals surface area contributed by atoms with Crippen molar-refractivity contribution in [3.8, 4) is 0 Å². The summed E-state index contributed by atoms with van der Waals surface area (Å²) in [4.78, 5) is 15.2. The zero-order valence-electron chi connectivity index (χ0n) is 8.23. The van der Waals surface area contributed by atoms with Crippen molar-refractivity contribution >= 4 is 12.6 Å². The van der Waals surface area contributed by atoms with Gasteiger partial charge in [-0.1, -0.05) is 0 Å². The van der Waals surface area contributed by atoms with E-state index in [1.165, 1.54) is 12.8 Å². The van der Waals surface area contributed by atoms with Gasteiger partial charge in [-0.2, -0.15) is 12.6 Å². The number of hydrogen-bond acceptors (Lipinski definition) is 3. The van der Waals surface area contributed by atoms with E-state index in [-0.39, 0.29) is 11.1 Å². The summed E-state index contributed by atoms with van der Waals surface area (Å²) in [6, 6.07) is 0. The number of thiol groups is 1. The molecule has 0 unspecified atom stereocenters. The van der Waals surface area contributed by atoms with Crippen molar-refractivity contribution in [2.45, 2.75) is 26.3 Å². The first-order valence-electron chi connectivity index (χ1n) is 4.79. The topological polar surface area (TPSA) is 34.9 Å². The Morgan fingerprint density at radius 2 is 2.36 bits per heavy atom. The van der Waals surface area contributed by atoms with E-state index in [4.69, 9.17) is 0 Å². The zero-order chi connectivity index (χ0) is 10.2. The van der Waals surface area contributed by atoms with Crippen LogP contribution in [0.4, 0.5) is 0 Å². The van der Waals surface area contributed by atoms with Gasteiger partial charge in [-0.15, -0.1) is 0 Å². The van der Waals surface area contributed by atoms with Gasteiger partial charge >= 0.3 is 5.69 Å². The highest BCUT2D eigenvalue weighted by Gasteiger charge is 2.41. The third-order valence-electron chi connectivity index (χ3n) is 2.78. The largest absolute Gasteiger partial charge is 0.347 e. The van der Waals surface area contributed by atoms with Gasteiger partial charge in [-0.3, -0.25) is 4.57 Å². The van der Waals surface area contributed by atoms with E-state index in [9.17, 15) is 4.79 Å². The smallest absolute Gasteiger partial charge is 0.298 e. The van der Waals surface area contributed by atoms with Crippen LogP contribution in [-0.2, 0) is 6.54 Å². The molecule has 0 aromatic carbocycles. The minimum absolute atomic E-state index is 0.149. The second kappa shape index (κ2) is 3.42. The van der Waals surface area contributed by atoms with Crippen LogP contribution in [0.25, 0.3) is 0 Å². The summed E-state index contributed by atoms with van der Waals surface area (Å²) in [6.07, 6.45) is 5.84. The van der Waals surface area contributed by atoms with Gasteiger partial charge in [-0.05, 0) is 36.5 Å². The lowest BCUT2D eigenvalue weighted by molar-refractivity contribution is 0.457. The van der Waals surface area contributed by atoms with E-state index in [0.29, 0.717) is 0 Å². The van der Waals surface area contributed by atoms with Crippen LogP contribution in [0.15, 0.2) is 17.2 Å². The summed E-state index contributed by atoms with van der Waals surface area (Å²) in [5.41, 5.74) is 1.14. The van der Waals surface area contributed by atoms with E-state index >= 15 is 0 Å². The second-order valence-corrected chi connectivity index (χ2v) is 4.52. The Morgan fingerprint density at radius 1 is 1.64 bits per heavy atom. The Labute approximate surface area is 88.6 Å². The molecule has 0 aliphatic heterocycles. The lowest BCUT2D eigenvalue weighted by atomic mass is 10.1. The minimum atomic E-state index is -0.149. The van der Waals surface area contributed by atoms with Crippen molar-refractivity contribution in [2.24, 2.45) is 5.41 Å². The molecule has 76 valence electrons. The normalized spacial score (nSPS) is 18.1. The number of nitrogens with zero attached hydrogens (tertiary/aromatic N) is 2. The van der Waals surface area contributed by atoms with Crippen molar-refractivity contribution in [1.29, 1.82) is 0 Å². The molecule has 1 aromatic rings. The van der Waals surface area contributed by atoms with Gasteiger partial charge in [0.1, 0.15) is 0 Å². The molecular weight excluding hydrogens is 196 g/mol. The summed E-state index contributed by atoms with van der Waals surface area (Å²) >= 11 is 4.32. The standard InChI is InChI=1S/C10H14N2OS/c1-8-4-11-9(13)12(5-8)6-10(7-14)2-3-10/h4-5,14H,2-3,6-7H2,1H3. The molecule has 4 heteroatoms. The maximum Gasteiger partial charge on any atom is 0.347 e. The summed E-state index contributed by atoms with van der Waals surface area (Å²) < 4.78 is 1.71. The molecule has 3 nitrogen and oxygen atoms in total. The van der Waals surface area contributed by atoms with E-state index in [0.717, 1.165) is 17.9 Å². The van der Waals surface area contributed by atoms with E-state index < -0.39 is 0 Å². The van der Waals surface area contributed by atoms with Gasteiger partial charge in [0.05, 0.1) is 0 Å². The first-order valence-corrected chi connectivity index (χ1v) is 5.42. The fourth-order valence-electron chi connectivity index (χ4n) is 1.58. The van der Waals surface area contributed by atoms with E-state index in [1.807, 2.05) is 13.1 Å². The van der Waals surface area contributed by atoms with Crippen LogP contribution in [0.3, 0.4) is 0 Å². The molecule has 1 heterocycles. The Morgan fingerprint density at radius 3 is 2.93 bits per heavy atom. The lowest BCUT2D eigenvalue weighted by Gasteiger charge is -2.13. The predicted octanol–water partition coefficient (Wildman–Crippen LogP) is 1.26. The first-order chi connectivity index (χ1) is 6.65. The van der Waals surface area contributed by atoms with Gasteiger partial charge in [-0.25, -0.2) is 9.78 Å². The molecule has 2 rings (SSSR count). The van der Waals surface area contributed by atoms with Crippen molar-refractivity contribution in [3.05, 3.63) is 28.4 Å². The summed E-state index contributed by atoms with van der Waals surface area (Å²) in [7, 11) is 0. The minimum Gasteiger partial charge on any atom is -0.298 e. The lowest BCUT2D eigenvalue weighted by Crippen LogP contribution is -2.27. The predicted molar refractivity (Wildman–Crippen MR) is 58.8 cm³/mol. The SMILES string of the molecule is Cc1cnc(=O)n(CC2(CS)CC2)c1. The van der Waals surface area contributed by atoms with Crippen molar-refractivity contribution in [3.63, 3.8) is 0 Å². The fourth-order valence-corrected chi connectivity index (χ4v) is 2.00. The molecular formula is C10H14N2OS. The fraction of sp³-hybridized carbons (Fsp3) is 0.600. The van der Waals surface area contributed by atoms with Crippen LogP contribution in [0.1, 0.15) is 18.4 Å². The van der Waals surface area contributed by atoms with E-state index in [2.05, 4.69) is 17.6 Å². The Hall–Kier alpha value is -0.770. The Bertz CT molecular complexity index is 395. The molecule has 0 bridgehead atoms. The highest BCUT2D eigenvalue weighted by atomic mass is 32.1. The molecule has 0 N–H and O–H groups in total. The molecule has 0 spiro atoms. The maximum atomic E-state index is 11.4. The molecule has 1 aromatic heterocycles. The van der Waals surface area contributed by atoms with Gasteiger partial charge in [0.2, 0.25) is 0 Å². The number of aromatic nitrogens is 2. The third kappa shape index (κ3) is 1.85. The monoisotopic (exact) mass is 210 g/mol. The average Bonchev–Trinajstić information content (AvgIpc) is 2.92. The van der Waals surface area contributed by atoms with Crippen LogP contribution in [0.2, 0.25) is 0 Å². The highest BCUT2D eigenvalue weighted by molar-refractivity contribution is 7.80.